The number of ether oxygens (including phenoxy) is 1. The summed E-state index contributed by atoms with van der Waals surface area (Å²) in [5, 5.41) is 3.12. The predicted molar refractivity (Wildman–Crippen MR) is 93.8 cm³/mol. The van der Waals surface area contributed by atoms with E-state index in [2.05, 4.69) is 20.3 Å². The molecule has 0 aliphatic rings. The van der Waals surface area contributed by atoms with Crippen molar-refractivity contribution in [3.05, 3.63) is 54.7 Å². The largest absolute Gasteiger partial charge is 0.497 e. The first-order valence-electron chi connectivity index (χ1n) is 7.65. The average molecular weight is 336 g/mol. The summed E-state index contributed by atoms with van der Waals surface area (Å²) >= 11 is 0. The highest BCUT2D eigenvalue weighted by Gasteiger charge is 2.13. The molecule has 3 aromatic heterocycles. The zero-order valence-corrected chi connectivity index (χ0v) is 13.5. The van der Waals surface area contributed by atoms with E-state index >= 15 is 0 Å². The van der Waals surface area contributed by atoms with Crippen LogP contribution in [0, 0.1) is 0 Å². The Labute approximate surface area is 143 Å². The number of imidazole rings is 1. The number of fused-ring (bicyclic) bond motifs is 1. The molecule has 8 nitrogen and oxygen atoms in total. The Balaban J connectivity index is 1.63. The first-order chi connectivity index (χ1) is 12.2. The standard InChI is InChI=1S/C17H16N6O2/c1-24-12-6-4-11(5-7-12)20-17-21-15(18)14-16(22-17)19-10-23(14)9-13-3-2-8-25-13/h2-8,10H,9H2,1H3,(H3,18,20,21,22). The van der Waals surface area contributed by atoms with Crippen molar-refractivity contribution in [3.63, 3.8) is 0 Å². The number of benzene rings is 1. The monoisotopic (exact) mass is 336 g/mol. The zero-order chi connectivity index (χ0) is 17.2. The molecule has 0 aliphatic heterocycles. The van der Waals surface area contributed by atoms with Gasteiger partial charge in [0, 0.05) is 5.69 Å². The second-order valence-electron chi connectivity index (χ2n) is 5.41. The minimum absolute atomic E-state index is 0.352. The summed E-state index contributed by atoms with van der Waals surface area (Å²) in [5.74, 6) is 2.32. The Morgan fingerprint density at radius 3 is 2.76 bits per heavy atom. The molecule has 0 spiro atoms. The van der Waals surface area contributed by atoms with Gasteiger partial charge in [0.2, 0.25) is 5.95 Å². The molecule has 4 aromatic rings. The quantitative estimate of drug-likeness (QED) is 0.577. The first kappa shape index (κ1) is 15.0. The molecule has 4 rings (SSSR count). The predicted octanol–water partition coefficient (Wildman–Crippen LogP) is 2.80. The van der Waals surface area contributed by atoms with Gasteiger partial charge in [0.05, 0.1) is 26.2 Å². The Bertz CT molecular complexity index is 992. The normalized spacial score (nSPS) is 10.9. The number of methoxy groups -OCH3 is 1. The minimum atomic E-state index is 0.352. The second kappa shape index (κ2) is 6.16. The van der Waals surface area contributed by atoms with E-state index in [4.69, 9.17) is 14.9 Å². The van der Waals surface area contributed by atoms with Crippen molar-refractivity contribution in [2.75, 3.05) is 18.2 Å². The van der Waals surface area contributed by atoms with Crippen LogP contribution in [-0.4, -0.2) is 26.6 Å². The molecule has 0 aliphatic carbocycles. The Hall–Kier alpha value is -3.55. The molecule has 0 unspecified atom stereocenters. The third-order valence-corrected chi connectivity index (χ3v) is 3.75. The minimum Gasteiger partial charge on any atom is -0.497 e. The van der Waals surface area contributed by atoms with Crippen molar-refractivity contribution >= 4 is 28.6 Å². The lowest BCUT2D eigenvalue weighted by Gasteiger charge is -2.08. The average Bonchev–Trinajstić information content (AvgIpc) is 3.26. The van der Waals surface area contributed by atoms with Crippen LogP contribution in [0.1, 0.15) is 5.76 Å². The summed E-state index contributed by atoms with van der Waals surface area (Å²) in [5.41, 5.74) is 8.16. The van der Waals surface area contributed by atoms with Crippen molar-refractivity contribution in [2.45, 2.75) is 6.54 Å². The van der Waals surface area contributed by atoms with Gasteiger partial charge >= 0.3 is 0 Å². The van der Waals surface area contributed by atoms with E-state index in [1.807, 2.05) is 41.0 Å². The summed E-state index contributed by atoms with van der Waals surface area (Å²) in [6, 6.07) is 11.2. The van der Waals surface area contributed by atoms with Crippen LogP contribution in [0.15, 0.2) is 53.4 Å². The van der Waals surface area contributed by atoms with Gasteiger partial charge in [-0.1, -0.05) is 0 Å². The fourth-order valence-electron chi connectivity index (χ4n) is 2.56. The molecule has 0 atom stereocenters. The fourth-order valence-corrected chi connectivity index (χ4v) is 2.56. The van der Waals surface area contributed by atoms with E-state index in [-0.39, 0.29) is 0 Å². The Morgan fingerprint density at radius 2 is 2.04 bits per heavy atom. The molecule has 0 saturated heterocycles. The number of nitrogens with two attached hydrogens (primary N) is 1. The van der Waals surface area contributed by atoms with Crippen LogP contribution in [-0.2, 0) is 6.54 Å². The van der Waals surface area contributed by atoms with Crippen molar-refractivity contribution in [2.24, 2.45) is 0 Å². The van der Waals surface area contributed by atoms with Crippen molar-refractivity contribution in [1.29, 1.82) is 0 Å². The van der Waals surface area contributed by atoms with Gasteiger partial charge in [-0.3, -0.25) is 0 Å². The summed E-state index contributed by atoms with van der Waals surface area (Å²) in [4.78, 5) is 13.1. The van der Waals surface area contributed by atoms with Gasteiger partial charge in [-0.25, -0.2) is 4.98 Å². The molecular weight excluding hydrogens is 320 g/mol. The van der Waals surface area contributed by atoms with Crippen LogP contribution in [0.5, 0.6) is 5.75 Å². The number of furan rings is 1. The molecule has 3 heterocycles. The Kier molecular flexibility index (Phi) is 3.70. The summed E-state index contributed by atoms with van der Waals surface area (Å²) in [6.45, 7) is 0.516. The van der Waals surface area contributed by atoms with E-state index in [0.29, 0.717) is 29.5 Å². The second-order valence-corrected chi connectivity index (χ2v) is 5.41. The highest BCUT2D eigenvalue weighted by Crippen LogP contribution is 2.23. The van der Waals surface area contributed by atoms with Gasteiger partial charge in [-0.2, -0.15) is 9.97 Å². The van der Waals surface area contributed by atoms with Crippen LogP contribution in [0.2, 0.25) is 0 Å². The summed E-state index contributed by atoms with van der Waals surface area (Å²) < 4.78 is 12.4. The van der Waals surface area contributed by atoms with E-state index in [9.17, 15) is 0 Å². The van der Waals surface area contributed by atoms with E-state index < -0.39 is 0 Å². The van der Waals surface area contributed by atoms with Crippen molar-refractivity contribution in [1.82, 2.24) is 19.5 Å². The number of nitrogen functional groups attached to an aromatic ring is 1. The Morgan fingerprint density at radius 1 is 1.20 bits per heavy atom. The summed E-state index contributed by atoms with van der Waals surface area (Å²) in [7, 11) is 1.62. The first-order valence-corrected chi connectivity index (χ1v) is 7.65. The van der Waals surface area contributed by atoms with Gasteiger partial charge in [0.15, 0.2) is 11.5 Å². The summed E-state index contributed by atoms with van der Waals surface area (Å²) in [6.07, 6.45) is 3.31. The number of rotatable bonds is 5. The zero-order valence-electron chi connectivity index (χ0n) is 13.5. The van der Waals surface area contributed by atoms with Crippen LogP contribution < -0.4 is 15.8 Å². The molecule has 8 heteroatoms. The third-order valence-electron chi connectivity index (χ3n) is 3.75. The maximum absolute atomic E-state index is 6.13. The van der Waals surface area contributed by atoms with Crippen LogP contribution >= 0.6 is 0 Å². The highest BCUT2D eigenvalue weighted by molar-refractivity contribution is 5.83. The topological polar surface area (TPSA) is 104 Å². The molecule has 0 saturated carbocycles. The van der Waals surface area contributed by atoms with Gasteiger partial charge in [-0.05, 0) is 36.4 Å². The highest BCUT2D eigenvalue weighted by atomic mass is 16.5. The lowest BCUT2D eigenvalue weighted by molar-refractivity contribution is 0.415. The molecule has 3 N–H and O–H groups in total. The van der Waals surface area contributed by atoms with Gasteiger partial charge in [-0.15, -0.1) is 0 Å². The smallest absolute Gasteiger partial charge is 0.231 e. The molecular formula is C17H16N6O2. The van der Waals surface area contributed by atoms with Gasteiger partial charge in [0.25, 0.3) is 0 Å². The van der Waals surface area contributed by atoms with Crippen LogP contribution in [0.25, 0.3) is 11.2 Å². The number of anilines is 3. The number of hydrogen-bond donors (Lipinski definition) is 2. The van der Waals surface area contributed by atoms with Crippen LogP contribution in [0.4, 0.5) is 17.5 Å². The lowest BCUT2D eigenvalue weighted by Crippen LogP contribution is -2.04. The molecule has 0 fully saturated rings. The van der Waals surface area contributed by atoms with E-state index in [0.717, 1.165) is 17.2 Å². The van der Waals surface area contributed by atoms with E-state index in [1.165, 1.54) is 0 Å². The van der Waals surface area contributed by atoms with Crippen molar-refractivity contribution in [3.8, 4) is 5.75 Å². The molecule has 25 heavy (non-hydrogen) atoms. The van der Waals surface area contributed by atoms with E-state index in [1.54, 1.807) is 19.7 Å². The molecule has 0 bridgehead atoms. The molecule has 0 amide bonds. The maximum atomic E-state index is 6.13. The number of nitrogens with one attached hydrogen (secondary N) is 1. The third kappa shape index (κ3) is 2.97. The maximum Gasteiger partial charge on any atom is 0.231 e. The SMILES string of the molecule is COc1ccc(Nc2nc(N)c3c(ncn3Cc3ccco3)n2)cc1. The fraction of sp³-hybridized carbons (Fsp3) is 0.118. The molecule has 126 valence electrons. The van der Waals surface area contributed by atoms with Crippen LogP contribution in [0.3, 0.4) is 0 Å². The molecule has 0 radical (unpaired) electrons. The number of hydrogen-bond acceptors (Lipinski definition) is 7. The van der Waals surface area contributed by atoms with Gasteiger partial charge < -0.3 is 24.8 Å². The number of aromatic nitrogens is 4. The molecule has 1 aromatic carbocycles. The number of nitrogens with zero attached hydrogens (tertiary/aromatic N) is 4. The van der Waals surface area contributed by atoms with Crippen molar-refractivity contribution < 1.29 is 9.15 Å². The lowest BCUT2D eigenvalue weighted by atomic mass is 10.3. The van der Waals surface area contributed by atoms with Gasteiger partial charge in [0.1, 0.15) is 17.0 Å².